The van der Waals surface area contributed by atoms with E-state index in [0.29, 0.717) is 19.0 Å². The van der Waals surface area contributed by atoms with Gasteiger partial charge in [-0.2, -0.15) is 4.31 Å². The minimum absolute atomic E-state index is 0.0518. The van der Waals surface area contributed by atoms with Gasteiger partial charge in [-0.05, 0) is 42.5 Å². The van der Waals surface area contributed by atoms with E-state index in [1.165, 1.54) is 16.4 Å². The second-order valence-corrected chi connectivity index (χ2v) is 12.8. The molecule has 14 heteroatoms. The second-order valence-electron chi connectivity index (χ2n) is 10.9. The van der Waals surface area contributed by atoms with Crippen molar-refractivity contribution in [2.24, 2.45) is 5.92 Å². The SMILES string of the molecule is CC1CCN(C(=O)COC(=O)[C@H](Cc2c[nH]c3ccccc23)Nc2ccc(S(=O)(=O)N3CCOCC3)cc2[N+](=O)[O-])CC1. The van der Waals surface area contributed by atoms with Gasteiger partial charge in [0.05, 0.1) is 23.0 Å². The number of nitrogens with zero attached hydrogens (tertiary/aromatic N) is 3. The van der Waals surface area contributed by atoms with E-state index in [1.807, 2.05) is 24.3 Å². The first kappa shape index (κ1) is 30.4. The van der Waals surface area contributed by atoms with E-state index < -0.39 is 39.3 Å². The summed E-state index contributed by atoms with van der Waals surface area (Å²) in [6.45, 7) is 3.63. The number of morpholine rings is 1. The number of aromatic amines is 1. The Morgan fingerprint density at radius 3 is 2.58 bits per heavy atom. The maximum Gasteiger partial charge on any atom is 0.329 e. The summed E-state index contributed by atoms with van der Waals surface area (Å²) >= 11 is 0. The molecule has 230 valence electrons. The van der Waals surface area contributed by atoms with Crippen LogP contribution in [0.25, 0.3) is 10.9 Å². The van der Waals surface area contributed by atoms with Crippen molar-refractivity contribution >= 4 is 44.2 Å². The molecule has 2 aromatic carbocycles. The molecule has 2 aliphatic heterocycles. The quantitative estimate of drug-likeness (QED) is 0.199. The van der Waals surface area contributed by atoms with Gasteiger partial charge in [-0.25, -0.2) is 13.2 Å². The van der Waals surface area contributed by atoms with Crippen molar-refractivity contribution in [3.8, 4) is 0 Å². The summed E-state index contributed by atoms with van der Waals surface area (Å²) in [6.07, 6.45) is 3.60. The summed E-state index contributed by atoms with van der Waals surface area (Å²) in [5.41, 5.74) is 1.05. The van der Waals surface area contributed by atoms with Gasteiger partial charge in [-0.15, -0.1) is 0 Å². The minimum atomic E-state index is -3.99. The highest BCUT2D eigenvalue weighted by Gasteiger charge is 2.31. The number of benzene rings is 2. The highest BCUT2D eigenvalue weighted by Crippen LogP contribution is 2.31. The predicted octanol–water partition coefficient (Wildman–Crippen LogP) is 2.92. The van der Waals surface area contributed by atoms with E-state index in [9.17, 15) is 28.1 Å². The Kier molecular flexibility index (Phi) is 9.28. The van der Waals surface area contributed by atoms with Gasteiger partial charge < -0.3 is 24.7 Å². The fourth-order valence-corrected chi connectivity index (χ4v) is 6.79. The number of likely N-dealkylation sites (tertiary alicyclic amines) is 1. The van der Waals surface area contributed by atoms with E-state index in [1.54, 1.807) is 11.1 Å². The van der Waals surface area contributed by atoms with Gasteiger partial charge in [0.25, 0.3) is 11.6 Å². The lowest BCUT2D eigenvalue weighted by Crippen LogP contribution is -2.42. The molecular formula is C29H35N5O8S. The van der Waals surface area contributed by atoms with E-state index in [2.05, 4.69) is 17.2 Å². The van der Waals surface area contributed by atoms with Crippen molar-refractivity contribution in [1.82, 2.24) is 14.2 Å². The number of carbonyl (C=O) groups is 2. The molecule has 1 aromatic heterocycles. The number of para-hydroxylation sites is 1. The molecule has 0 radical (unpaired) electrons. The van der Waals surface area contributed by atoms with Crippen LogP contribution in [0.3, 0.4) is 0 Å². The van der Waals surface area contributed by atoms with Crippen LogP contribution in [0.1, 0.15) is 25.3 Å². The summed E-state index contributed by atoms with van der Waals surface area (Å²) in [5, 5.41) is 15.9. The molecule has 0 saturated carbocycles. The van der Waals surface area contributed by atoms with Crippen molar-refractivity contribution in [1.29, 1.82) is 0 Å². The predicted molar refractivity (Wildman–Crippen MR) is 158 cm³/mol. The zero-order valence-corrected chi connectivity index (χ0v) is 24.7. The van der Waals surface area contributed by atoms with Crippen LogP contribution in [-0.2, 0) is 35.5 Å². The monoisotopic (exact) mass is 613 g/mol. The lowest BCUT2D eigenvalue weighted by molar-refractivity contribution is -0.384. The third-order valence-electron chi connectivity index (χ3n) is 7.96. The Balaban J connectivity index is 1.39. The first-order chi connectivity index (χ1) is 20.6. The molecule has 43 heavy (non-hydrogen) atoms. The number of carbonyl (C=O) groups excluding carboxylic acids is 2. The van der Waals surface area contributed by atoms with Crippen LogP contribution in [0.15, 0.2) is 53.6 Å². The third-order valence-corrected chi connectivity index (χ3v) is 9.86. The summed E-state index contributed by atoms with van der Waals surface area (Å²) < 4.78 is 38.2. The molecule has 5 rings (SSSR count). The number of rotatable bonds is 10. The number of esters is 1. The summed E-state index contributed by atoms with van der Waals surface area (Å²) in [5.74, 6) is -0.527. The third kappa shape index (κ3) is 6.98. The number of nitro benzene ring substituents is 1. The number of hydrogen-bond donors (Lipinski definition) is 2. The van der Waals surface area contributed by atoms with Crippen LogP contribution in [-0.4, -0.2) is 91.4 Å². The van der Waals surface area contributed by atoms with Gasteiger partial charge >= 0.3 is 5.97 Å². The summed E-state index contributed by atoms with van der Waals surface area (Å²) in [6, 6.07) is 9.92. The van der Waals surface area contributed by atoms with Crippen molar-refractivity contribution in [2.75, 3.05) is 51.3 Å². The Hall–Kier alpha value is -4.01. The van der Waals surface area contributed by atoms with Gasteiger partial charge in [0.1, 0.15) is 11.7 Å². The maximum absolute atomic E-state index is 13.4. The minimum Gasteiger partial charge on any atom is -0.454 e. The molecule has 0 bridgehead atoms. The number of H-pyrrole nitrogens is 1. The van der Waals surface area contributed by atoms with Crippen LogP contribution in [0.4, 0.5) is 11.4 Å². The summed E-state index contributed by atoms with van der Waals surface area (Å²) in [7, 11) is -3.99. The first-order valence-corrected chi connectivity index (χ1v) is 15.7. The number of amides is 1. The second kappa shape index (κ2) is 13.1. The standard InChI is InChI=1S/C29H35N5O8S/c1-20-8-10-32(11-9-20)28(35)19-42-29(36)26(16-21-18-30-24-5-3-2-4-23(21)24)31-25-7-6-22(17-27(25)34(37)38)43(39,40)33-12-14-41-15-13-33/h2-7,17-18,20,26,30-31H,8-16,19H2,1H3/t26-/m0/s1. The number of nitro groups is 1. The zero-order valence-electron chi connectivity index (χ0n) is 23.9. The number of sulfonamides is 1. The first-order valence-electron chi connectivity index (χ1n) is 14.3. The molecule has 3 aromatic rings. The molecule has 0 aliphatic carbocycles. The summed E-state index contributed by atoms with van der Waals surface area (Å²) in [4.78, 5) is 42.2. The lowest BCUT2D eigenvalue weighted by Gasteiger charge is -2.30. The van der Waals surface area contributed by atoms with E-state index in [4.69, 9.17) is 9.47 Å². The molecule has 2 fully saturated rings. The highest BCUT2D eigenvalue weighted by molar-refractivity contribution is 7.89. The molecule has 3 heterocycles. The number of fused-ring (bicyclic) bond motifs is 1. The number of ether oxygens (including phenoxy) is 2. The van der Waals surface area contributed by atoms with Crippen LogP contribution in [0.5, 0.6) is 0 Å². The normalized spacial score (nSPS) is 17.5. The fourth-order valence-electron chi connectivity index (χ4n) is 5.37. The molecule has 2 N–H and O–H groups in total. The van der Waals surface area contributed by atoms with Crippen molar-refractivity contribution in [3.63, 3.8) is 0 Å². The zero-order chi connectivity index (χ0) is 30.6. The largest absolute Gasteiger partial charge is 0.454 e. The van der Waals surface area contributed by atoms with Crippen molar-refractivity contribution in [3.05, 3.63) is 64.3 Å². The van der Waals surface area contributed by atoms with Crippen molar-refractivity contribution in [2.45, 2.75) is 37.1 Å². The van der Waals surface area contributed by atoms with Gasteiger partial charge in [0.15, 0.2) is 6.61 Å². The Labute approximate surface area is 249 Å². The van der Waals surface area contributed by atoms with Crippen molar-refractivity contribution < 1.29 is 32.4 Å². The van der Waals surface area contributed by atoms with Gasteiger partial charge in [-0.1, -0.05) is 25.1 Å². The molecular weight excluding hydrogens is 578 g/mol. The Morgan fingerprint density at radius 2 is 1.86 bits per heavy atom. The van der Waals surface area contributed by atoms with E-state index in [0.717, 1.165) is 35.4 Å². The van der Waals surface area contributed by atoms with E-state index in [-0.39, 0.29) is 49.2 Å². The smallest absolute Gasteiger partial charge is 0.329 e. The van der Waals surface area contributed by atoms with E-state index >= 15 is 0 Å². The average Bonchev–Trinajstić information content (AvgIpc) is 3.42. The van der Waals surface area contributed by atoms with Crippen LogP contribution >= 0.6 is 0 Å². The molecule has 13 nitrogen and oxygen atoms in total. The Morgan fingerprint density at radius 1 is 1.14 bits per heavy atom. The topological polar surface area (TPSA) is 164 Å². The lowest BCUT2D eigenvalue weighted by atomic mass is 9.99. The molecule has 1 atom stereocenters. The average molecular weight is 614 g/mol. The molecule has 0 unspecified atom stereocenters. The number of anilines is 1. The number of piperidine rings is 1. The maximum atomic E-state index is 13.4. The van der Waals surface area contributed by atoms with Crippen LogP contribution < -0.4 is 5.32 Å². The van der Waals surface area contributed by atoms with Gasteiger partial charge in [0.2, 0.25) is 10.0 Å². The van der Waals surface area contributed by atoms with Crippen LogP contribution in [0, 0.1) is 16.0 Å². The molecule has 2 saturated heterocycles. The van der Waals surface area contributed by atoms with Gasteiger partial charge in [-0.3, -0.25) is 14.9 Å². The fraction of sp³-hybridized carbons (Fsp3) is 0.448. The number of hydrogen-bond acceptors (Lipinski definition) is 9. The number of aromatic nitrogens is 1. The molecule has 2 aliphatic rings. The van der Waals surface area contributed by atoms with Crippen LogP contribution in [0.2, 0.25) is 0 Å². The number of nitrogens with one attached hydrogen (secondary N) is 2. The Bertz CT molecular complexity index is 1590. The highest BCUT2D eigenvalue weighted by atomic mass is 32.2. The molecule has 0 spiro atoms. The molecule has 1 amide bonds. The van der Waals surface area contributed by atoms with Gasteiger partial charge in [0, 0.05) is 55.8 Å².